The Morgan fingerprint density at radius 2 is 1.84 bits per heavy atom. The molecular formula is C24H30N4O4. The van der Waals surface area contributed by atoms with E-state index in [-0.39, 0.29) is 17.7 Å². The van der Waals surface area contributed by atoms with Crippen molar-refractivity contribution in [2.45, 2.75) is 45.1 Å². The SMILES string of the molecule is COCCC(=O)N1CCC(c2nc(C)c3c(n2)N(Cc2ccc(OC)cc2)C(=O)C3)CC1. The fraction of sp³-hybridized carbons (Fsp3) is 0.500. The minimum Gasteiger partial charge on any atom is -0.497 e. The highest BCUT2D eigenvalue weighted by atomic mass is 16.5. The van der Waals surface area contributed by atoms with E-state index >= 15 is 0 Å². The molecule has 0 saturated carbocycles. The third-order valence-corrected chi connectivity index (χ3v) is 6.33. The zero-order valence-corrected chi connectivity index (χ0v) is 19.0. The molecule has 1 aromatic heterocycles. The largest absolute Gasteiger partial charge is 0.497 e. The van der Waals surface area contributed by atoms with Crippen molar-refractivity contribution in [3.8, 4) is 5.75 Å². The van der Waals surface area contributed by atoms with Crippen LogP contribution in [-0.4, -0.2) is 60.6 Å². The summed E-state index contributed by atoms with van der Waals surface area (Å²) < 4.78 is 10.2. The van der Waals surface area contributed by atoms with Crippen LogP contribution in [0.4, 0.5) is 5.82 Å². The maximum atomic E-state index is 12.8. The highest BCUT2D eigenvalue weighted by molar-refractivity contribution is 6.00. The van der Waals surface area contributed by atoms with Gasteiger partial charge >= 0.3 is 0 Å². The molecule has 32 heavy (non-hydrogen) atoms. The number of anilines is 1. The van der Waals surface area contributed by atoms with Gasteiger partial charge < -0.3 is 14.4 Å². The van der Waals surface area contributed by atoms with E-state index in [4.69, 9.17) is 19.4 Å². The summed E-state index contributed by atoms with van der Waals surface area (Å²) in [4.78, 5) is 38.3. The summed E-state index contributed by atoms with van der Waals surface area (Å²) in [5.41, 5.74) is 2.81. The van der Waals surface area contributed by atoms with Gasteiger partial charge in [0.2, 0.25) is 11.8 Å². The van der Waals surface area contributed by atoms with Gasteiger partial charge in [-0.25, -0.2) is 9.97 Å². The standard InChI is InChI=1S/C24H30N4O4/c1-16-20-14-22(30)28(15-17-4-6-19(32-3)7-5-17)24(20)26-23(25-16)18-8-11-27(12-9-18)21(29)10-13-31-2/h4-7,18H,8-15H2,1-3H3. The van der Waals surface area contributed by atoms with Crippen LogP contribution in [0.15, 0.2) is 24.3 Å². The first-order chi connectivity index (χ1) is 15.5. The Morgan fingerprint density at radius 1 is 1.12 bits per heavy atom. The van der Waals surface area contributed by atoms with Crippen LogP contribution in [0.25, 0.3) is 0 Å². The van der Waals surface area contributed by atoms with E-state index in [9.17, 15) is 9.59 Å². The van der Waals surface area contributed by atoms with Crippen LogP contribution in [-0.2, 0) is 27.3 Å². The van der Waals surface area contributed by atoms with E-state index < -0.39 is 0 Å². The maximum absolute atomic E-state index is 12.8. The third kappa shape index (κ3) is 4.60. The second-order valence-electron chi connectivity index (χ2n) is 8.37. The van der Waals surface area contributed by atoms with Crippen molar-refractivity contribution >= 4 is 17.6 Å². The molecule has 2 amide bonds. The molecule has 1 saturated heterocycles. The summed E-state index contributed by atoms with van der Waals surface area (Å²) >= 11 is 0. The van der Waals surface area contributed by atoms with Gasteiger partial charge in [0.25, 0.3) is 0 Å². The molecule has 1 aromatic carbocycles. The number of amides is 2. The van der Waals surface area contributed by atoms with E-state index in [2.05, 4.69) is 0 Å². The van der Waals surface area contributed by atoms with Crippen LogP contribution >= 0.6 is 0 Å². The average Bonchev–Trinajstić information content (AvgIpc) is 3.13. The molecular weight excluding hydrogens is 408 g/mol. The number of likely N-dealkylation sites (tertiary alicyclic amines) is 1. The van der Waals surface area contributed by atoms with Gasteiger partial charge in [-0.3, -0.25) is 14.5 Å². The minimum atomic E-state index is 0.0453. The molecule has 8 heteroatoms. The summed E-state index contributed by atoms with van der Waals surface area (Å²) in [5, 5.41) is 0. The van der Waals surface area contributed by atoms with Gasteiger partial charge in [0.15, 0.2) is 0 Å². The number of ether oxygens (including phenoxy) is 2. The molecule has 0 spiro atoms. The van der Waals surface area contributed by atoms with Crippen LogP contribution in [0.3, 0.4) is 0 Å². The van der Waals surface area contributed by atoms with E-state index in [1.54, 1.807) is 19.1 Å². The summed E-state index contributed by atoms with van der Waals surface area (Å²) in [6.07, 6.45) is 2.40. The van der Waals surface area contributed by atoms with Crippen molar-refractivity contribution in [1.82, 2.24) is 14.9 Å². The van der Waals surface area contributed by atoms with E-state index in [0.29, 0.717) is 39.1 Å². The molecule has 1 fully saturated rings. The number of hydrogen-bond donors (Lipinski definition) is 0. The van der Waals surface area contributed by atoms with Crippen molar-refractivity contribution in [3.63, 3.8) is 0 Å². The molecule has 8 nitrogen and oxygen atoms in total. The lowest BCUT2D eigenvalue weighted by Crippen LogP contribution is -2.38. The maximum Gasteiger partial charge on any atom is 0.233 e. The number of benzene rings is 1. The molecule has 2 aromatic rings. The Kier molecular flexibility index (Phi) is 6.69. The van der Waals surface area contributed by atoms with Crippen LogP contribution in [0, 0.1) is 6.92 Å². The van der Waals surface area contributed by atoms with Crippen molar-refractivity contribution in [2.24, 2.45) is 0 Å². The van der Waals surface area contributed by atoms with Crippen LogP contribution in [0.1, 0.15) is 47.8 Å². The van der Waals surface area contributed by atoms with E-state index in [1.807, 2.05) is 36.1 Å². The first-order valence-corrected chi connectivity index (χ1v) is 11.1. The fourth-order valence-corrected chi connectivity index (χ4v) is 4.39. The highest BCUT2D eigenvalue weighted by Crippen LogP contribution is 2.34. The van der Waals surface area contributed by atoms with E-state index in [0.717, 1.165) is 47.1 Å². The number of aromatic nitrogens is 2. The molecule has 2 aliphatic rings. The summed E-state index contributed by atoms with van der Waals surface area (Å²) in [6, 6.07) is 7.73. The minimum absolute atomic E-state index is 0.0453. The number of methoxy groups -OCH3 is 2. The van der Waals surface area contributed by atoms with Gasteiger partial charge in [-0.2, -0.15) is 0 Å². The van der Waals surface area contributed by atoms with Gasteiger partial charge in [0.1, 0.15) is 17.4 Å². The summed E-state index contributed by atoms with van der Waals surface area (Å²) in [7, 11) is 3.24. The Balaban J connectivity index is 1.49. The van der Waals surface area contributed by atoms with Gasteiger partial charge in [-0.1, -0.05) is 12.1 Å². The number of aryl methyl sites for hydroxylation is 1. The number of carbonyl (C=O) groups is 2. The molecule has 2 aliphatic heterocycles. The molecule has 3 heterocycles. The van der Waals surface area contributed by atoms with Crippen LogP contribution in [0.2, 0.25) is 0 Å². The average molecular weight is 439 g/mol. The van der Waals surface area contributed by atoms with Crippen LogP contribution < -0.4 is 9.64 Å². The lowest BCUT2D eigenvalue weighted by molar-refractivity contribution is -0.133. The molecule has 0 unspecified atom stereocenters. The van der Waals surface area contributed by atoms with Crippen molar-refractivity contribution in [2.75, 3.05) is 38.8 Å². The van der Waals surface area contributed by atoms with E-state index in [1.165, 1.54) is 0 Å². The molecule has 0 radical (unpaired) electrons. The van der Waals surface area contributed by atoms with Gasteiger partial charge in [0.05, 0.1) is 33.1 Å². The summed E-state index contributed by atoms with van der Waals surface area (Å²) in [5.74, 6) is 2.65. The molecule has 4 rings (SSSR count). The van der Waals surface area contributed by atoms with Crippen molar-refractivity contribution in [3.05, 3.63) is 46.9 Å². The predicted octanol–water partition coefficient (Wildman–Crippen LogP) is 2.63. The lowest BCUT2D eigenvalue weighted by atomic mass is 9.95. The first-order valence-electron chi connectivity index (χ1n) is 11.1. The van der Waals surface area contributed by atoms with Gasteiger partial charge in [0, 0.05) is 37.4 Å². The number of piperidine rings is 1. The number of fused-ring (bicyclic) bond motifs is 1. The zero-order valence-electron chi connectivity index (χ0n) is 19.0. The Bertz CT molecular complexity index is 984. The normalized spacial score (nSPS) is 16.4. The third-order valence-electron chi connectivity index (χ3n) is 6.33. The number of rotatable bonds is 7. The zero-order chi connectivity index (χ0) is 22.7. The van der Waals surface area contributed by atoms with Gasteiger partial charge in [-0.05, 0) is 37.5 Å². The first kappa shape index (κ1) is 22.2. The Hall–Kier alpha value is -3.00. The second kappa shape index (κ2) is 9.65. The second-order valence-corrected chi connectivity index (χ2v) is 8.37. The topological polar surface area (TPSA) is 84.9 Å². The van der Waals surface area contributed by atoms with Gasteiger partial charge in [-0.15, -0.1) is 0 Å². The lowest BCUT2D eigenvalue weighted by Gasteiger charge is -2.31. The molecule has 0 N–H and O–H groups in total. The smallest absolute Gasteiger partial charge is 0.233 e. The molecule has 0 aliphatic carbocycles. The monoisotopic (exact) mass is 438 g/mol. The molecule has 0 atom stereocenters. The highest BCUT2D eigenvalue weighted by Gasteiger charge is 2.33. The Morgan fingerprint density at radius 3 is 2.50 bits per heavy atom. The number of nitrogens with zero attached hydrogens (tertiary/aromatic N) is 4. The number of hydrogen-bond acceptors (Lipinski definition) is 6. The molecule has 170 valence electrons. The molecule has 0 bridgehead atoms. The summed E-state index contributed by atoms with van der Waals surface area (Å²) in [6.45, 7) is 4.27. The van der Waals surface area contributed by atoms with Crippen LogP contribution in [0.5, 0.6) is 5.75 Å². The number of carbonyl (C=O) groups excluding carboxylic acids is 2. The predicted molar refractivity (Wildman–Crippen MR) is 120 cm³/mol. The fourth-order valence-electron chi connectivity index (χ4n) is 4.39. The van der Waals surface area contributed by atoms with Crippen molar-refractivity contribution in [1.29, 1.82) is 0 Å². The van der Waals surface area contributed by atoms with Crippen molar-refractivity contribution < 1.29 is 19.1 Å². The Labute approximate surface area is 188 Å². The quantitative estimate of drug-likeness (QED) is 0.661.